The average molecular weight is 388 g/mol. The van der Waals surface area contributed by atoms with Crippen LogP contribution in [0.1, 0.15) is 40.6 Å². The number of aryl methyl sites for hydroxylation is 2. The van der Waals surface area contributed by atoms with Crippen LogP contribution >= 0.6 is 22.7 Å². The van der Waals surface area contributed by atoms with Crippen molar-refractivity contribution in [2.75, 3.05) is 13.1 Å². The third-order valence-electron chi connectivity index (χ3n) is 5.15. The van der Waals surface area contributed by atoms with E-state index in [1.54, 1.807) is 22.7 Å². The van der Waals surface area contributed by atoms with Crippen LogP contribution < -0.4 is 5.56 Å². The summed E-state index contributed by atoms with van der Waals surface area (Å²) in [6.07, 6.45) is 2.33. The number of nitrogens with one attached hydrogen (secondary N) is 1. The van der Waals surface area contributed by atoms with Gasteiger partial charge in [0.05, 0.1) is 11.8 Å². The standard InChI is InChI=1S/C19H21N3O2S2/c1-11-12(2)26-19-16(11)18(24)20-17(21-19)14-4-3-6-22(9-14)15(23)8-13-5-7-25-10-13/h5,7,10,14H,3-4,6,8-9H2,1-2H3,(H,20,21,24)/t14-/m0/s1. The number of fused-ring (bicyclic) bond motifs is 1. The normalized spacial score (nSPS) is 17.8. The zero-order chi connectivity index (χ0) is 18.3. The van der Waals surface area contributed by atoms with Crippen LogP contribution in [0, 0.1) is 13.8 Å². The average Bonchev–Trinajstić information content (AvgIpc) is 3.23. The highest BCUT2D eigenvalue weighted by Crippen LogP contribution is 2.29. The zero-order valence-corrected chi connectivity index (χ0v) is 16.5. The first kappa shape index (κ1) is 17.4. The highest BCUT2D eigenvalue weighted by atomic mass is 32.1. The van der Waals surface area contributed by atoms with Crippen molar-refractivity contribution in [2.45, 2.75) is 39.0 Å². The number of rotatable bonds is 3. The molecule has 0 aliphatic carbocycles. The number of thiophene rings is 2. The minimum absolute atomic E-state index is 0.0615. The monoisotopic (exact) mass is 387 g/mol. The van der Waals surface area contributed by atoms with Gasteiger partial charge in [-0.05, 0) is 54.6 Å². The molecular formula is C19H21N3O2S2. The highest BCUT2D eigenvalue weighted by molar-refractivity contribution is 7.18. The Balaban J connectivity index is 1.57. The molecule has 1 saturated heterocycles. The Morgan fingerprint density at radius 1 is 1.42 bits per heavy atom. The molecule has 1 amide bonds. The van der Waals surface area contributed by atoms with E-state index in [0.29, 0.717) is 18.4 Å². The van der Waals surface area contributed by atoms with Crippen molar-refractivity contribution in [2.24, 2.45) is 0 Å². The first-order valence-corrected chi connectivity index (χ1v) is 10.6. The van der Waals surface area contributed by atoms with Crippen molar-refractivity contribution < 1.29 is 4.79 Å². The van der Waals surface area contributed by atoms with Crippen molar-refractivity contribution in [3.8, 4) is 0 Å². The molecule has 7 heteroatoms. The number of nitrogens with zero attached hydrogens (tertiary/aromatic N) is 2. The van der Waals surface area contributed by atoms with Crippen LogP contribution in [0.3, 0.4) is 0 Å². The Labute approximate surface area is 159 Å². The molecule has 3 aromatic rings. The lowest BCUT2D eigenvalue weighted by Crippen LogP contribution is -2.40. The van der Waals surface area contributed by atoms with Gasteiger partial charge in [0.2, 0.25) is 5.91 Å². The predicted molar refractivity (Wildman–Crippen MR) is 106 cm³/mol. The minimum atomic E-state index is -0.0615. The maximum Gasteiger partial charge on any atom is 0.259 e. The molecule has 5 nitrogen and oxygen atoms in total. The molecular weight excluding hydrogens is 366 g/mol. The number of hydrogen-bond donors (Lipinski definition) is 1. The second-order valence-electron chi connectivity index (χ2n) is 6.90. The first-order valence-electron chi connectivity index (χ1n) is 8.81. The van der Waals surface area contributed by atoms with Gasteiger partial charge in [0, 0.05) is 23.9 Å². The molecule has 136 valence electrons. The Kier molecular flexibility index (Phi) is 4.67. The van der Waals surface area contributed by atoms with Crippen LogP contribution in [0.15, 0.2) is 21.6 Å². The van der Waals surface area contributed by atoms with E-state index < -0.39 is 0 Å². The van der Waals surface area contributed by atoms with Crippen molar-refractivity contribution in [3.63, 3.8) is 0 Å². The predicted octanol–water partition coefficient (Wildman–Crippen LogP) is 3.61. The van der Waals surface area contributed by atoms with E-state index in [4.69, 9.17) is 4.98 Å². The molecule has 0 spiro atoms. The summed E-state index contributed by atoms with van der Waals surface area (Å²) in [5.74, 6) is 0.964. The lowest BCUT2D eigenvalue weighted by atomic mass is 9.96. The molecule has 0 aromatic carbocycles. The molecule has 0 bridgehead atoms. The molecule has 3 aromatic heterocycles. The van der Waals surface area contributed by atoms with Crippen LogP contribution in [0.5, 0.6) is 0 Å². The number of amides is 1. The quantitative estimate of drug-likeness (QED) is 0.747. The fourth-order valence-electron chi connectivity index (χ4n) is 3.57. The topological polar surface area (TPSA) is 66.1 Å². The number of aromatic nitrogens is 2. The molecule has 4 rings (SSSR count). The van der Waals surface area contributed by atoms with Crippen LogP contribution in [0.2, 0.25) is 0 Å². The number of carbonyl (C=O) groups excluding carboxylic acids is 1. The summed E-state index contributed by atoms with van der Waals surface area (Å²) in [6, 6.07) is 2.00. The maximum atomic E-state index is 12.6. The van der Waals surface area contributed by atoms with E-state index in [-0.39, 0.29) is 17.4 Å². The fourth-order valence-corrected chi connectivity index (χ4v) is 5.28. The summed E-state index contributed by atoms with van der Waals surface area (Å²) in [5.41, 5.74) is 2.02. The molecule has 1 fully saturated rings. The Hall–Kier alpha value is -1.99. The second-order valence-corrected chi connectivity index (χ2v) is 8.89. The van der Waals surface area contributed by atoms with Crippen LogP contribution in [-0.2, 0) is 11.2 Å². The van der Waals surface area contributed by atoms with Gasteiger partial charge < -0.3 is 9.88 Å². The Morgan fingerprint density at radius 2 is 2.27 bits per heavy atom. The van der Waals surface area contributed by atoms with E-state index in [1.165, 1.54) is 0 Å². The van der Waals surface area contributed by atoms with Crippen molar-refractivity contribution in [3.05, 3.63) is 49.0 Å². The van der Waals surface area contributed by atoms with Gasteiger partial charge >= 0.3 is 0 Å². The molecule has 1 N–H and O–H groups in total. The van der Waals surface area contributed by atoms with E-state index in [1.807, 2.05) is 35.6 Å². The van der Waals surface area contributed by atoms with Gasteiger partial charge in [0.25, 0.3) is 5.56 Å². The van der Waals surface area contributed by atoms with Gasteiger partial charge in [-0.15, -0.1) is 11.3 Å². The van der Waals surface area contributed by atoms with E-state index >= 15 is 0 Å². The fraction of sp³-hybridized carbons (Fsp3) is 0.421. The number of carbonyl (C=O) groups is 1. The summed E-state index contributed by atoms with van der Waals surface area (Å²) in [7, 11) is 0. The third-order valence-corrected chi connectivity index (χ3v) is 6.99. The molecule has 1 atom stereocenters. The molecule has 26 heavy (non-hydrogen) atoms. The number of piperidine rings is 1. The Morgan fingerprint density at radius 3 is 3.04 bits per heavy atom. The summed E-state index contributed by atoms with van der Waals surface area (Å²) < 4.78 is 0. The molecule has 0 radical (unpaired) electrons. The van der Waals surface area contributed by atoms with E-state index in [0.717, 1.165) is 46.0 Å². The third kappa shape index (κ3) is 3.21. The van der Waals surface area contributed by atoms with Crippen molar-refractivity contribution in [1.29, 1.82) is 0 Å². The van der Waals surface area contributed by atoms with Gasteiger partial charge in [0.15, 0.2) is 0 Å². The summed E-state index contributed by atoms with van der Waals surface area (Å²) in [5, 5.41) is 4.72. The molecule has 1 aliphatic rings. The molecule has 0 saturated carbocycles. The molecule has 4 heterocycles. The van der Waals surface area contributed by atoms with Gasteiger partial charge in [-0.1, -0.05) is 0 Å². The number of H-pyrrole nitrogens is 1. The highest BCUT2D eigenvalue weighted by Gasteiger charge is 2.27. The van der Waals surface area contributed by atoms with Gasteiger partial charge in [0.1, 0.15) is 10.7 Å². The lowest BCUT2D eigenvalue weighted by molar-refractivity contribution is -0.131. The maximum absolute atomic E-state index is 12.6. The lowest BCUT2D eigenvalue weighted by Gasteiger charge is -2.32. The van der Waals surface area contributed by atoms with Crippen LogP contribution in [-0.4, -0.2) is 33.9 Å². The second kappa shape index (κ2) is 6.96. The first-order chi connectivity index (χ1) is 12.5. The number of likely N-dealkylation sites (tertiary alicyclic amines) is 1. The van der Waals surface area contributed by atoms with Gasteiger partial charge in [-0.3, -0.25) is 9.59 Å². The summed E-state index contributed by atoms with van der Waals surface area (Å²) in [4.78, 5) is 36.7. The zero-order valence-electron chi connectivity index (χ0n) is 14.9. The van der Waals surface area contributed by atoms with Crippen LogP contribution in [0.25, 0.3) is 10.2 Å². The van der Waals surface area contributed by atoms with E-state index in [2.05, 4.69) is 4.98 Å². The SMILES string of the molecule is Cc1sc2nc([C@H]3CCCN(C(=O)Cc4ccsc4)C3)[nH]c(=O)c2c1C. The van der Waals surface area contributed by atoms with Crippen molar-refractivity contribution in [1.82, 2.24) is 14.9 Å². The van der Waals surface area contributed by atoms with Crippen LogP contribution in [0.4, 0.5) is 0 Å². The Bertz CT molecular complexity index is 1000. The molecule has 1 aliphatic heterocycles. The van der Waals surface area contributed by atoms with Gasteiger partial charge in [-0.2, -0.15) is 11.3 Å². The summed E-state index contributed by atoms with van der Waals surface area (Å²) >= 11 is 3.18. The smallest absolute Gasteiger partial charge is 0.259 e. The van der Waals surface area contributed by atoms with Crippen molar-refractivity contribution >= 4 is 38.8 Å². The summed E-state index contributed by atoms with van der Waals surface area (Å²) in [6.45, 7) is 5.40. The largest absolute Gasteiger partial charge is 0.342 e. The van der Waals surface area contributed by atoms with Gasteiger partial charge in [-0.25, -0.2) is 4.98 Å². The minimum Gasteiger partial charge on any atom is -0.342 e. The number of hydrogen-bond acceptors (Lipinski definition) is 5. The number of aromatic amines is 1. The van der Waals surface area contributed by atoms with E-state index in [9.17, 15) is 9.59 Å². The molecule has 0 unspecified atom stereocenters.